The lowest BCUT2D eigenvalue weighted by molar-refractivity contribution is -0.199. The monoisotopic (exact) mass is 311 g/mol. The van der Waals surface area contributed by atoms with Crippen molar-refractivity contribution in [2.75, 3.05) is 19.7 Å². The molecule has 128 valence electrons. The molecule has 2 aliphatic rings. The molecular formula is C18H33NO3. The van der Waals surface area contributed by atoms with Crippen LogP contribution in [0.4, 0.5) is 0 Å². The summed E-state index contributed by atoms with van der Waals surface area (Å²) in [4.78, 5) is 0. The van der Waals surface area contributed by atoms with Crippen LogP contribution >= 0.6 is 0 Å². The number of ether oxygens (including phenoxy) is 2. The molecular weight excluding hydrogens is 278 g/mol. The molecule has 0 amide bonds. The summed E-state index contributed by atoms with van der Waals surface area (Å²) in [7, 11) is 0. The highest BCUT2D eigenvalue weighted by Gasteiger charge is 2.46. The highest BCUT2D eigenvalue weighted by molar-refractivity contribution is 4.89. The van der Waals surface area contributed by atoms with E-state index in [1.165, 1.54) is 24.3 Å². The second-order valence-corrected chi connectivity index (χ2v) is 7.57. The van der Waals surface area contributed by atoms with E-state index in [1.54, 1.807) is 6.08 Å². The van der Waals surface area contributed by atoms with E-state index in [2.05, 4.69) is 27.4 Å². The van der Waals surface area contributed by atoms with Crippen LogP contribution in [0.5, 0.6) is 0 Å². The molecule has 4 nitrogen and oxygen atoms in total. The smallest absolute Gasteiger partial charge is 0.168 e. The van der Waals surface area contributed by atoms with Crippen molar-refractivity contribution < 1.29 is 14.7 Å². The maximum absolute atomic E-state index is 9.63. The molecule has 0 aromatic rings. The molecule has 22 heavy (non-hydrogen) atoms. The Labute approximate surface area is 135 Å². The molecule has 1 aliphatic heterocycles. The Morgan fingerprint density at radius 1 is 1.36 bits per heavy atom. The fourth-order valence-electron chi connectivity index (χ4n) is 3.68. The summed E-state index contributed by atoms with van der Waals surface area (Å²) in [6.07, 6.45) is 8.23. The maximum atomic E-state index is 9.63. The molecule has 0 aromatic carbocycles. The van der Waals surface area contributed by atoms with Crippen molar-refractivity contribution in [2.45, 2.75) is 71.2 Å². The van der Waals surface area contributed by atoms with E-state index < -0.39 is 0 Å². The number of hydrogen-bond donors (Lipinski definition) is 1. The fraction of sp³-hybridized carbons (Fsp3) is 0.889. The lowest BCUT2D eigenvalue weighted by Crippen LogP contribution is -2.39. The molecule has 1 aliphatic carbocycles. The average molecular weight is 311 g/mol. The van der Waals surface area contributed by atoms with E-state index in [4.69, 9.17) is 9.47 Å². The Balaban J connectivity index is 1.77. The largest absolute Gasteiger partial charge is 0.347 e. The molecule has 0 aromatic heterocycles. The minimum Gasteiger partial charge on any atom is -0.347 e. The average Bonchev–Trinajstić information content (AvgIpc) is 2.89. The predicted octanol–water partition coefficient (Wildman–Crippen LogP) is 3.99. The molecule has 1 N–H and O–H groups in total. The summed E-state index contributed by atoms with van der Waals surface area (Å²) in [5, 5.41) is 10.9. The van der Waals surface area contributed by atoms with Gasteiger partial charge in [0, 0.05) is 25.9 Å². The number of nitrogens with zero attached hydrogens (tertiary/aromatic N) is 1. The van der Waals surface area contributed by atoms with Gasteiger partial charge in [0.25, 0.3) is 0 Å². The molecule has 1 heterocycles. The highest BCUT2D eigenvalue weighted by atomic mass is 16.7. The summed E-state index contributed by atoms with van der Waals surface area (Å²) in [5.74, 6) is 0.430. The first-order valence-corrected chi connectivity index (χ1v) is 8.77. The molecule has 1 spiro atoms. The van der Waals surface area contributed by atoms with Gasteiger partial charge in [-0.2, -0.15) is 5.06 Å². The lowest BCUT2D eigenvalue weighted by atomic mass is 9.68. The fourth-order valence-corrected chi connectivity index (χ4v) is 3.68. The molecule has 2 rings (SSSR count). The van der Waals surface area contributed by atoms with Gasteiger partial charge in [-0.15, -0.1) is 6.58 Å². The van der Waals surface area contributed by atoms with Gasteiger partial charge < -0.3 is 14.7 Å². The SMILES string of the molecule is C=CCN(O)CCC1COC2(CCC(C(C)(C)CC)CC2)O1. The number of hydroxylamine groups is 2. The molecule has 1 unspecified atom stereocenters. The van der Waals surface area contributed by atoms with Gasteiger partial charge in [0.2, 0.25) is 0 Å². The third kappa shape index (κ3) is 4.31. The normalized spacial score (nSPS) is 32.8. The standard InChI is InChI=1S/C18H33NO3/c1-5-12-19(20)13-9-16-14-21-18(22-16)10-7-15(8-11-18)17(3,4)6-2/h5,15-16,20H,1,6-14H2,2-4H3. The van der Waals surface area contributed by atoms with E-state index in [0.717, 1.165) is 25.2 Å². The molecule has 2 fully saturated rings. The molecule has 0 bridgehead atoms. The van der Waals surface area contributed by atoms with Crippen LogP contribution in [-0.4, -0.2) is 41.9 Å². The van der Waals surface area contributed by atoms with Crippen LogP contribution in [0.3, 0.4) is 0 Å². The Bertz CT molecular complexity index is 361. The van der Waals surface area contributed by atoms with Crippen LogP contribution in [0, 0.1) is 11.3 Å². The zero-order chi connectivity index (χ0) is 16.2. The molecule has 1 saturated heterocycles. The van der Waals surface area contributed by atoms with E-state index in [-0.39, 0.29) is 11.9 Å². The second-order valence-electron chi connectivity index (χ2n) is 7.57. The van der Waals surface area contributed by atoms with Crippen molar-refractivity contribution in [3.63, 3.8) is 0 Å². The van der Waals surface area contributed by atoms with Crippen molar-refractivity contribution in [2.24, 2.45) is 11.3 Å². The van der Waals surface area contributed by atoms with Gasteiger partial charge in [-0.3, -0.25) is 0 Å². The Kier molecular flexibility index (Phi) is 6.06. The van der Waals surface area contributed by atoms with Crippen LogP contribution in [0.2, 0.25) is 0 Å². The minimum absolute atomic E-state index is 0.107. The summed E-state index contributed by atoms with van der Waals surface area (Å²) < 4.78 is 12.3. The third-order valence-corrected chi connectivity index (χ3v) is 5.73. The van der Waals surface area contributed by atoms with Crippen LogP contribution < -0.4 is 0 Å². The summed E-state index contributed by atoms with van der Waals surface area (Å²) >= 11 is 0. The molecule has 0 radical (unpaired) electrons. The molecule has 4 heteroatoms. The first kappa shape index (κ1) is 17.9. The first-order chi connectivity index (χ1) is 10.4. The van der Waals surface area contributed by atoms with Gasteiger partial charge in [0.15, 0.2) is 5.79 Å². The summed E-state index contributed by atoms with van der Waals surface area (Å²) in [5.41, 5.74) is 0.418. The van der Waals surface area contributed by atoms with E-state index >= 15 is 0 Å². The van der Waals surface area contributed by atoms with Gasteiger partial charge in [0.1, 0.15) is 0 Å². The molecule has 1 atom stereocenters. The second kappa shape index (κ2) is 7.43. The Morgan fingerprint density at radius 3 is 2.64 bits per heavy atom. The molecule has 1 saturated carbocycles. The van der Waals surface area contributed by atoms with Crippen molar-refractivity contribution in [1.29, 1.82) is 0 Å². The van der Waals surface area contributed by atoms with Gasteiger partial charge in [-0.1, -0.05) is 33.3 Å². The van der Waals surface area contributed by atoms with Crippen LogP contribution in [-0.2, 0) is 9.47 Å². The van der Waals surface area contributed by atoms with Gasteiger partial charge in [-0.05, 0) is 30.6 Å². The van der Waals surface area contributed by atoms with E-state index in [9.17, 15) is 5.21 Å². The zero-order valence-electron chi connectivity index (χ0n) is 14.5. The van der Waals surface area contributed by atoms with Gasteiger partial charge in [0.05, 0.1) is 12.7 Å². The number of hydrogen-bond acceptors (Lipinski definition) is 4. The van der Waals surface area contributed by atoms with Crippen LogP contribution in [0.15, 0.2) is 12.7 Å². The van der Waals surface area contributed by atoms with E-state index in [1.807, 2.05) is 0 Å². The Morgan fingerprint density at radius 2 is 2.05 bits per heavy atom. The minimum atomic E-state index is -0.344. The van der Waals surface area contributed by atoms with Crippen molar-refractivity contribution >= 4 is 0 Å². The maximum Gasteiger partial charge on any atom is 0.168 e. The van der Waals surface area contributed by atoms with Crippen LogP contribution in [0.25, 0.3) is 0 Å². The third-order valence-electron chi connectivity index (χ3n) is 5.73. The number of rotatable bonds is 7. The predicted molar refractivity (Wildman–Crippen MR) is 87.8 cm³/mol. The van der Waals surface area contributed by atoms with Crippen molar-refractivity contribution in [3.8, 4) is 0 Å². The topological polar surface area (TPSA) is 41.9 Å². The van der Waals surface area contributed by atoms with E-state index in [0.29, 0.717) is 25.1 Å². The van der Waals surface area contributed by atoms with Gasteiger partial charge >= 0.3 is 0 Å². The Hall–Kier alpha value is -0.420. The van der Waals surface area contributed by atoms with Gasteiger partial charge in [-0.25, -0.2) is 0 Å². The lowest BCUT2D eigenvalue weighted by Gasteiger charge is -2.42. The summed E-state index contributed by atoms with van der Waals surface area (Å²) in [6.45, 7) is 12.4. The highest BCUT2D eigenvalue weighted by Crippen LogP contribution is 2.47. The van der Waals surface area contributed by atoms with Crippen molar-refractivity contribution in [1.82, 2.24) is 5.06 Å². The first-order valence-electron chi connectivity index (χ1n) is 8.77. The summed E-state index contributed by atoms with van der Waals surface area (Å²) in [6, 6.07) is 0. The quantitative estimate of drug-likeness (QED) is 0.570. The van der Waals surface area contributed by atoms with Crippen molar-refractivity contribution in [3.05, 3.63) is 12.7 Å². The van der Waals surface area contributed by atoms with Crippen LogP contribution in [0.1, 0.15) is 59.3 Å². The zero-order valence-corrected chi connectivity index (χ0v) is 14.5.